The number of unbranched alkanes of at least 4 members (excludes halogenated alkanes) is 2. The standard InChI is InChI=1S/C22H34O5/c1-3-5-14-22(27,4-2)15-10-12-18-17(19(23)16-20(18)24)11-8-6-7-9-13-21(25)26/h4,6,8,10,12,17-19,23,27H,2-3,5,7,9,11,13-16H2,1H3,(H,25,26)/b8-6-,12-10+/t17-,18-,19+,22?/m1/s1. The molecule has 0 bridgehead atoms. The van der Waals surface area contributed by atoms with Gasteiger partial charge >= 0.3 is 5.97 Å². The summed E-state index contributed by atoms with van der Waals surface area (Å²) >= 11 is 0. The molecule has 0 aromatic carbocycles. The Balaban J connectivity index is 2.59. The van der Waals surface area contributed by atoms with Crippen LogP contribution in [0, 0.1) is 11.8 Å². The molecule has 152 valence electrons. The minimum absolute atomic E-state index is 0.0266. The van der Waals surface area contributed by atoms with Gasteiger partial charge in [-0.3, -0.25) is 9.59 Å². The summed E-state index contributed by atoms with van der Waals surface area (Å²) in [6.45, 7) is 5.78. The molecule has 0 aromatic heterocycles. The van der Waals surface area contributed by atoms with Gasteiger partial charge < -0.3 is 15.3 Å². The fraction of sp³-hybridized carbons (Fsp3) is 0.636. The minimum Gasteiger partial charge on any atom is -0.481 e. The van der Waals surface area contributed by atoms with Gasteiger partial charge in [-0.05, 0) is 32.1 Å². The highest BCUT2D eigenvalue weighted by Crippen LogP contribution is 2.34. The van der Waals surface area contributed by atoms with Crippen LogP contribution in [-0.4, -0.2) is 38.8 Å². The van der Waals surface area contributed by atoms with E-state index >= 15 is 0 Å². The van der Waals surface area contributed by atoms with Gasteiger partial charge in [0.2, 0.25) is 0 Å². The molecular weight excluding hydrogens is 344 g/mol. The van der Waals surface area contributed by atoms with E-state index in [2.05, 4.69) is 13.5 Å². The van der Waals surface area contributed by atoms with Gasteiger partial charge in [-0.1, -0.05) is 50.1 Å². The van der Waals surface area contributed by atoms with E-state index in [0.29, 0.717) is 32.1 Å². The molecule has 0 saturated heterocycles. The lowest BCUT2D eigenvalue weighted by Gasteiger charge is -2.23. The maximum absolute atomic E-state index is 12.2. The van der Waals surface area contributed by atoms with Gasteiger partial charge in [0.25, 0.3) is 0 Å². The topological polar surface area (TPSA) is 94.8 Å². The van der Waals surface area contributed by atoms with Gasteiger partial charge in [-0.25, -0.2) is 0 Å². The number of ketones is 1. The fourth-order valence-electron chi connectivity index (χ4n) is 3.46. The first kappa shape index (κ1) is 23.3. The third kappa shape index (κ3) is 8.22. The Kier molecular flexibility index (Phi) is 10.3. The van der Waals surface area contributed by atoms with Crippen LogP contribution in [0.3, 0.4) is 0 Å². The number of aliphatic hydroxyl groups excluding tert-OH is 1. The summed E-state index contributed by atoms with van der Waals surface area (Å²) < 4.78 is 0. The predicted octanol–water partition coefficient (Wildman–Crippen LogP) is 3.81. The van der Waals surface area contributed by atoms with E-state index in [9.17, 15) is 19.8 Å². The van der Waals surface area contributed by atoms with Gasteiger partial charge in [-0.2, -0.15) is 0 Å². The molecule has 0 spiro atoms. The van der Waals surface area contributed by atoms with Gasteiger partial charge in [-0.15, -0.1) is 6.58 Å². The van der Waals surface area contributed by atoms with E-state index in [4.69, 9.17) is 5.11 Å². The van der Waals surface area contributed by atoms with Gasteiger partial charge in [0.05, 0.1) is 11.7 Å². The summed E-state index contributed by atoms with van der Waals surface area (Å²) in [6.07, 6.45) is 13.5. The van der Waals surface area contributed by atoms with Crippen molar-refractivity contribution in [2.45, 2.75) is 76.4 Å². The number of Topliss-reactive ketones (excluding diaryl/α,β-unsaturated/α-hetero) is 1. The van der Waals surface area contributed by atoms with E-state index in [1.807, 2.05) is 24.3 Å². The van der Waals surface area contributed by atoms with Crippen molar-refractivity contribution in [3.63, 3.8) is 0 Å². The molecule has 5 heteroatoms. The number of carboxylic acids is 1. The van der Waals surface area contributed by atoms with Crippen molar-refractivity contribution in [3.05, 3.63) is 37.0 Å². The number of carbonyl (C=O) groups is 2. The highest BCUT2D eigenvalue weighted by molar-refractivity contribution is 5.86. The number of hydrogen-bond acceptors (Lipinski definition) is 4. The van der Waals surface area contributed by atoms with E-state index < -0.39 is 17.7 Å². The van der Waals surface area contributed by atoms with E-state index in [-0.39, 0.29) is 30.5 Å². The van der Waals surface area contributed by atoms with Crippen molar-refractivity contribution in [3.8, 4) is 0 Å². The van der Waals surface area contributed by atoms with Crippen LogP contribution in [0.4, 0.5) is 0 Å². The summed E-state index contributed by atoms with van der Waals surface area (Å²) in [6, 6.07) is 0. The highest BCUT2D eigenvalue weighted by atomic mass is 16.4. The Morgan fingerprint density at radius 2 is 2.04 bits per heavy atom. The molecule has 1 aliphatic carbocycles. The van der Waals surface area contributed by atoms with E-state index in [1.54, 1.807) is 6.08 Å². The monoisotopic (exact) mass is 378 g/mol. The molecule has 1 fully saturated rings. The highest BCUT2D eigenvalue weighted by Gasteiger charge is 2.39. The molecule has 0 heterocycles. The second-order valence-electron chi connectivity index (χ2n) is 7.46. The maximum atomic E-state index is 12.2. The van der Waals surface area contributed by atoms with Crippen LogP contribution in [0.25, 0.3) is 0 Å². The average molecular weight is 379 g/mol. The Labute approximate surface area is 162 Å². The number of aliphatic hydroxyl groups is 2. The first-order valence-electron chi connectivity index (χ1n) is 9.93. The lowest BCUT2D eigenvalue weighted by molar-refractivity contribution is -0.137. The number of rotatable bonds is 13. The molecule has 1 rings (SSSR count). The summed E-state index contributed by atoms with van der Waals surface area (Å²) in [7, 11) is 0. The first-order chi connectivity index (χ1) is 12.8. The number of carboxylic acid groups (broad SMARTS) is 1. The molecule has 27 heavy (non-hydrogen) atoms. The van der Waals surface area contributed by atoms with Crippen LogP contribution >= 0.6 is 0 Å². The molecule has 5 nitrogen and oxygen atoms in total. The summed E-state index contributed by atoms with van der Waals surface area (Å²) in [5, 5.41) is 29.3. The van der Waals surface area contributed by atoms with Gasteiger partial charge in [0.1, 0.15) is 5.78 Å². The van der Waals surface area contributed by atoms with Crippen molar-refractivity contribution in [1.29, 1.82) is 0 Å². The third-order valence-electron chi connectivity index (χ3n) is 5.23. The predicted molar refractivity (Wildman–Crippen MR) is 106 cm³/mol. The molecule has 1 unspecified atom stereocenters. The van der Waals surface area contributed by atoms with E-state index in [0.717, 1.165) is 12.8 Å². The average Bonchev–Trinajstić information content (AvgIpc) is 2.89. The normalized spacial score (nSPS) is 25.3. The zero-order valence-corrected chi connectivity index (χ0v) is 16.3. The molecule has 0 radical (unpaired) electrons. The Bertz CT molecular complexity index is 551. The van der Waals surface area contributed by atoms with Crippen molar-refractivity contribution < 1.29 is 24.9 Å². The second-order valence-corrected chi connectivity index (χ2v) is 7.46. The third-order valence-corrected chi connectivity index (χ3v) is 5.23. The van der Waals surface area contributed by atoms with Gasteiger partial charge in [0, 0.05) is 24.7 Å². The fourth-order valence-corrected chi connectivity index (χ4v) is 3.46. The Morgan fingerprint density at radius 3 is 2.67 bits per heavy atom. The molecule has 0 amide bonds. The summed E-state index contributed by atoms with van der Waals surface area (Å²) in [5.41, 5.74) is -0.952. The van der Waals surface area contributed by atoms with Gasteiger partial charge in [0.15, 0.2) is 0 Å². The summed E-state index contributed by atoms with van der Waals surface area (Å²) in [4.78, 5) is 22.7. The van der Waals surface area contributed by atoms with Crippen LogP contribution in [-0.2, 0) is 9.59 Å². The quantitative estimate of drug-likeness (QED) is 0.335. The lowest BCUT2D eigenvalue weighted by atomic mass is 9.88. The molecule has 1 aliphatic rings. The van der Waals surface area contributed by atoms with Crippen LogP contribution in [0.2, 0.25) is 0 Å². The minimum atomic E-state index is -0.952. The molecule has 1 saturated carbocycles. The number of carbonyl (C=O) groups excluding carboxylic acids is 1. The summed E-state index contributed by atoms with van der Waals surface area (Å²) in [5.74, 6) is -1.29. The number of aliphatic carboxylic acids is 1. The van der Waals surface area contributed by atoms with E-state index in [1.165, 1.54) is 0 Å². The SMILES string of the molecule is C=CC(O)(C/C=C/[C@H]1C(=O)C[C@H](O)[C@@H]1C/C=C\CCCC(=O)O)CCCC. The van der Waals surface area contributed by atoms with Crippen molar-refractivity contribution in [2.75, 3.05) is 0 Å². The van der Waals surface area contributed by atoms with Crippen molar-refractivity contribution >= 4 is 11.8 Å². The number of hydrogen-bond donors (Lipinski definition) is 3. The van der Waals surface area contributed by atoms with Crippen LogP contribution < -0.4 is 0 Å². The maximum Gasteiger partial charge on any atom is 0.303 e. The molecule has 4 atom stereocenters. The molecule has 0 aliphatic heterocycles. The smallest absolute Gasteiger partial charge is 0.303 e. The number of allylic oxidation sites excluding steroid dienone is 3. The zero-order valence-electron chi connectivity index (χ0n) is 16.3. The largest absolute Gasteiger partial charge is 0.481 e. The zero-order chi connectivity index (χ0) is 20.3. The molecule has 3 N–H and O–H groups in total. The Hall–Kier alpha value is -1.72. The first-order valence-corrected chi connectivity index (χ1v) is 9.93. The Morgan fingerprint density at radius 1 is 1.30 bits per heavy atom. The molecular formula is C22H34O5. The van der Waals surface area contributed by atoms with Crippen LogP contribution in [0.1, 0.15) is 64.7 Å². The van der Waals surface area contributed by atoms with Crippen LogP contribution in [0.15, 0.2) is 37.0 Å². The lowest BCUT2D eigenvalue weighted by Crippen LogP contribution is -2.24. The second kappa shape index (κ2) is 11.9. The van der Waals surface area contributed by atoms with Crippen molar-refractivity contribution in [2.24, 2.45) is 11.8 Å². The van der Waals surface area contributed by atoms with Crippen LogP contribution in [0.5, 0.6) is 0 Å². The van der Waals surface area contributed by atoms with Crippen molar-refractivity contribution in [1.82, 2.24) is 0 Å². The molecule has 0 aromatic rings.